The highest BCUT2D eigenvalue weighted by Gasteiger charge is 2.26. The molecule has 0 saturated heterocycles. The molecule has 0 unspecified atom stereocenters. The number of amides is 3. The third kappa shape index (κ3) is 6.75. The Kier molecular flexibility index (Phi) is 9.22. The summed E-state index contributed by atoms with van der Waals surface area (Å²) in [5.74, 6) is -1.53. The molecule has 3 amide bonds. The number of fused-ring (bicyclic) bond motifs is 1. The molecule has 0 bridgehead atoms. The fourth-order valence-corrected chi connectivity index (χ4v) is 5.20. The third-order valence-electron chi connectivity index (χ3n) is 5.28. The Balaban J connectivity index is 1.60. The lowest BCUT2D eigenvalue weighted by Gasteiger charge is -2.13. The molecule has 33 heavy (non-hydrogen) atoms. The van der Waals surface area contributed by atoms with Crippen molar-refractivity contribution < 1.29 is 23.5 Å². The quantitative estimate of drug-likeness (QED) is 0.435. The number of ether oxygens (including phenoxy) is 1. The number of rotatable bonds is 10. The minimum Gasteiger partial charge on any atom is -0.385 e. The summed E-state index contributed by atoms with van der Waals surface area (Å²) in [5.41, 5.74) is 1.70. The van der Waals surface area contributed by atoms with E-state index in [0.717, 1.165) is 48.3 Å². The summed E-state index contributed by atoms with van der Waals surface area (Å²) in [7, 11) is 1.61. The van der Waals surface area contributed by atoms with Gasteiger partial charge in [0.2, 0.25) is 5.91 Å². The lowest BCUT2D eigenvalue weighted by atomic mass is 9.95. The molecule has 3 N–H and O–H groups in total. The Hall–Kier alpha value is -2.49. The van der Waals surface area contributed by atoms with Gasteiger partial charge in [0.15, 0.2) is 0 Å². The van der Waals surface area contributed by atoms with Crippen LogP contribution in [-0.4, -0.2) is 44.5 Å². The zero-order valence-corrected chi connectivity index (χ0v) is 20.0. The molecule has 2 aromatic rings. The second-order valence-corrected chi connectivity index (χ2v) is 9.21. The molecule has 1 aromatic heterocycles. The molecule has 178 valence electrons. The van der Waals surface area contributed by atoms with Crippen molar-refractivity contribution in [2.75, 3.05) is 32.1 Å². The van der Waals surface area contributed by atoms with E-state index in [-0.39, 0.29) is 35.4 Å². The predicted molar refractivity (Wildman–Crippen MR) is 127 cm³/mol. The number of thiophene rings is 1. The van der Waals surface area contributed by atoms with Gasteiger partial charge in [0.25, 0.3) is 11.8 Å². The van der Waals surface area contributed by atoms with E-state index in [1.165, 1.54) is 17.4 Å². The van der Waals surface area contributed by atoms with Crippen LogP contribution in [-0.2, 0) is 22.4 Å². The van der Waals surface area contributed by atoms with Crippen molar-refractivity contribution in [1.82, 2.24) is 10.6 Å². The molecule has 0 spiro atoms. The summed E-state index contributed by atoms with van der Waals surface area (Å²) in [5, 5.41) is 8.91. The van der Waals surface area contributed by atoms with E-state index in [2.05, 4.69) is 16.0 Å². The molecule has 1 aliphatic rings. The van der Waals surface area contributed by atoms with Crippen molar-refractivity contribution in [2.24, 2.45) is 0 Å². The van der Waals surface area contributed by atoms with Crippen LogP contribution in [0, 0.1) is 5.82 Å². The number of benzene rings is 1. The molecular weight excluding hydrogens is 469 g/mol. The van der Waals surface area contributed by atoms with E-state index in [4.69, 9.17) is 16.3 Å². The topological polar surface area (TPSA) is 96.5 Å². The van der Waals surface area contributed by atoms with Gasteiger partial charge >= 0.3 is 0 Å². The summed E-state index contributed by atoms with van der Waals surface area (Å²) in [6.45, 7) is 1.12. The number of nitrogens with one attached hydrogen (secondary N) is 3. The van der Waals surface area contributed by atoms with Gasteiger partial charge in [0, 0.05) is 38.1 Å². The predicted octanol–water partition coefficient (Wildman–Crippen LogP) is 3.94. The van der Waals surface area contributed by atoms with E-state index < -0.39 is 11.7 Å². The van der Waals surface area contributed by atoms with Crippen molar-refractivity contribution in [3.8, 4) is 0 Å². The van der Waals surface area contributed by atoms with Crippen molar-refractivity contribution in [2.45, 2.75) is 38.5 Å². The van der Waals surface area contributed by atoms with Crippen LogP contribution in [0.4, 0.5) is 9.39 Å². The number of anilines is 1. The number of methoxy groups -OCH3 is 1. The van der Waals surface area contributed by atoms with Crippen molar-refractivity contribution in [3.05, 3.63) is 50.6 Å². The Labute approximate surface area is 201 Å². The largest absolute Gasteiger partial charge is 0.385 e. The lowest BCUT2D eigenvalue weighted by molar-refractivity contribution is -0.116. The molecule has 0 saturated carbocycles. The van der Waals surface area contributed by atoms with Crippen molar-refractivity contribution in [3.63, 3.8) is 0 Å². The van der Waals surface area contributed by atoms with Gasteiger partial charge in [-0.25, -0.2) is 4.39 Å². The van der Waals surface area contributed by atoms with Crippen molar-refractivity contribution in [1.29, 1.82) is 0 Å². The van der Waals surface area contributed by atoms with Gasteiger partial charge in [-0.05, 0) is 55.9 Å². The smallest absolute Gasteiger partial charge is 0.254 e. The Morgan fingerprint density at radius 2 is 1.88 bits per heavy atom. The highest BCUT2D eigenvalue weighted by Crippen LogP contribution is 2.38. The van der Waals surface area contributed by atoms with Crippen LogP contribution in [0.2, 0.25) is 5.02 Å². The van der Waals surface area contributed by atoms with Crippen LogP contribution >= 0.6 is 22.9 Å². The Morgan fingerprint density at radius 1 is 1.12 bits per heavy atom. The second kappa shape index (κ2) is 12.1. The number of halogens is 2. The fourth-order valence-electron chi connectivity index (χ4n) is 3.65. The third-order valence-corrected chi connectivity index (χ3v) is 6.80. The number of hydrogen-bond acceptors (Lipinski definition) is 5. The zero-order valence-electron chi connectivity index (χ0n) is 18.4. The molecule has 0 atom stereocenters. The number of carbonyl (C=O) groups excluding carboxylic acids is 3. The average Bonchev–Trinajstić information content (AvgIpc) is 3.14. The van der Waals surface area contributed by atoms with Crippen LogP contribution < -0.4 is 16.0 Å². The van der Waals surface area contributed by atoms with Crippen LogP contribution in [0.15, 0.2) is 18.2 Å². The van der Waals surface area contributed by atoms with E-state index in [0.29, 0.717) is 30.1 Å². The minimum absolute atomic E-state index is 0.00210. The molecule has 3 rings (SSSR count). The van der Waals surface area contributed by atoms with Gasteiger partial charge in [0.1, 0.15) is 10.8 Å². The van der Waals surface area contributed by atoms with E-state index in [9.17, 15) is 18.8 Å². The molecule has 1 heterocycles. The maximum atomic E-state index is 13.2. The Morgan fingerprint density at radius 3 is 2.64 bits per heavy atom. The fraction of sp³-hybridized carbons (Fsp3) is 0.435. The van der Waals surface area contributed by atoms with Gasteiger partial charge in [-0.3, -0.25) is 14.4 Å². The minimum atomic E-state index is -0.534. The van der Waals surface area contributed by atoms with Crippen LogP contribution in [0.25, 0.3) is 0 Å². The van der Waals surface area contributed by atoms with Crippen LogP contribution in [0.3, 0.4) is 0 Å². The summed E-state index contributed by atoms with van der Waals surface area (Å²) in [4.78, 5) is 38.8. The maximum Gasteiger partial charge on any atom is 0.254 e. The number of hydrogen-bond donors (Lipinski definition) is 3. The van der Waals surface area contributed by atoms with E-state index >= 15 is 0 Å². The second-order valence-electron chi connectivity index (χ2n) is 7.70. The first-order valence-corrected chi connectivity index (χ1v) is 12.0. The first-order chi connectivity index (χ1) is 15.9. The summed E-state index contributed by atoms with van der Waals surface area (Å²) in [6.07, 6.45) is 4.51. The maximum absolute atomic E-state index is 13.2. The van der Waals surface area contributed by atoms with Gasteiger partial charge in [-0.2, -0.15) is 0 Å². The molecule has 0 radical (unpaired) electrons. The molecule has 1 aliphatic carbocycles. The Bertz CT molecular complexity index is 1030. The highest BCUT2D eigenvalue weighted by molar-refractivity contribution is 7.17. The molecule has 10 heteroatoms. The van der Waals surface area contributed by atoms with Gasteiger partial charge in [-0.15, -0.1) is 11.3 Å². The first kappa shape index (κ1) is 25.1. The highest BCUT2D eigenvalue weighted by atomic mass is 35.5. The molecule has 7 nitrogen and oxygen atoms in total. The monoisotopic (exact) mass is 495 g/mol. The molecule has 1 aromatic carbocycles. The van der Waals surface area contributed by atoms with E-state index in [1.54, 1.807) is 7.11 Å². The summed E-state index contributed by atoms with van der Waals surface area (Å²) in [6, 6.07) is 3.50. The zero-order chi connectivity index (χ0) is 23.8. The van der Waals surface area contributed by atoms with E-state index in [1.807, 2.05) is 0 Å². The summed E-state index contributed by atoms with van der Waals surface area (Å²) < 4.78 is 18.2. The van der Waals surface area contributed by atoms with Gasteiger partial charge in [0.05, 0.1) is 16.1 Å². The number of aryl methyl sites for hydroxylation is 1. The molecular formula is C23H27ClFN3O4S. The van der Waals surface area contributed by atoms with Crippen LogP contribution in [0.1, 0.15) is 56.8 Å². The number of carbonyl (C=O) groups is 3. The SMILES string of the molecule is COCCCNC(=O)c1c(NC(=O)CCNC(=O)c2ccc(F)cc2Cl)sc2c1CCCC2. The van der Waals surface area contributed by atoms with Gasteiger partial charge in [-0.1, -0.05) is 11.6 Å². The molecule has 0 aliphatic heterocycles. The van der Waals surface area contributed by atoms with Crippen LogP contribution in [0.5, 0.6) is 0 Å². The first-order valence-electron chi connectivity index (χ1n) is 10.9. The lowest BCUT2D eigenvalue weighted by Crippen LogP contribution is -2.29. The normalized spacial score (nSPS) is 12.7. The average molecular weight is 496 g/mol. The summed E-state index contributed by atoms with van der Waals surface area (Å²) >= 11 is 7.34. The standard InChI is InChI=1S/C23H27ClFN3O4S/c1-32-12-4-10-26-22(31)20-16-5-2-3-6-18(16)33-23(20)28-19(29)9-11-27-21(30)15-8-7-14(25)13-17(15)24/h7-8,13H,2-6,9-12H2,1H3,(H,26,31)(H,27,30)(H,28,29). The molecule has 0 fully saturated rings. The van der Waals surface area contributed by atoms with Gasteiger partial charge < -0.3 is 20.7 Å². The van der Waals surface area contributed by atoms with Crippen molar-refractivity contribution >= 4 is 45.7 Å².